The molecule has 0 atom stereocenters. The zero-order valence-electron chi connectivity index (χ0n) is 10.8. The van der Waals surface area contributed by atoms with Gasteiger partial charge in [-0.3, -0.25) is 0 Å². The Balaban J connectivity index is 2.25. The third-order valence-corrected chi connectivity index (χ3v) is 3.13. The van der Waals surface area contributed by atoms with E-state index in [0.29, 0.717) is 6.54 Å². The Labute approximate surface area is 115 Å². The summed E-state index contributed by atoms with van der Waals surface area (Å²) < 4.78 is 39.7. The Kier molecular flexibility index (Phi) is 7.09. The fourth-order valence-corrected chi connectivity index (χ4v) is 2.03. The van der Waals surface area contributed by atoms with Gasteiger partial charge in [0.05, 0.1) is 0 Å². The van der Waals surface area contributed by atoms with Gasteiger partial charge in [-0.05, 0) is 49.1 Å². The molecule has 0 aliphatic carbocycles. The number of ether oxygens (including phenoxy) is 1. The molecule has 0 heterocycles. The van der Waals surface area contributed by atoms with Crippen molar-refractivity contribution in [2.75, 3.05) is 18.6 Å². The van der Waals surface area contributed by atoms with Gasteiger partial charge in [-0.15, -0.1) is 13.2 Å². The Morgan fingerprint density at radius 3 is 2.42 bits per heavy atom. The summed E-state index contributed by atoms with van der Waals surface area (Å²) in [5.41, 5.74) is 0.944. The second-order valence-corrected chi connectivity index (χ2v) is 5.05. The smallest absolute Gasteiger partial charge is 0.406 e. The number of halogens is 3. The van der Waals surface area contributed by atoms with E-state index in [1.807, 2.05) is 11.8 Å². The molecule has 0 radical (unpaired) electrons. The van der Waals surface area contributed by atoms with Crippen LogP contribution in [0.4, 0.5) is 13.2 Å². The first-order chi connectivity index (χ1) is 9.01. The summed E-state index contributed by atoms with van der Waals surface area (Å²) >= 11 is 1.83. The molecule has 0 aliphatic heterocycles. The van der Waals surface area contributed by atoms with Crippen molar-refractivity contribution >= 4 is 11.8 Å². The van der Waals surface area contributed by atoms with Crippen molar-refractivity contribution in [3.05, 3.63) is 29.8 Å². The topological polar surface area (TPSA) is 21.3 Å². The normalized spacial score (nSPS) is 11.6. The molecule has 19 heavy (non-hydrogen) atoms. The fraction of sp³-hybridized carbons (Fsp3) is 0.538. The van der Waals surface area contributed by atoms with E-state index in [0.717, 1.165) is 24.3 Å². The van der Waals surface area contributed by atoms with Gasteiger partial charge in [0.2, 0.25) is 0 Å². The van der Waals surface area contributed by atoms with Gasteiger partial charge in [0.25, 0.3) is 0 Å². The zero-order chi connectivity index (χ0) is 14.1. The number of alkyl halides is 3. The van der Waals surface area contributed by atoms with Crippen molar-refractivity contribution in [2.24, 2.45) is 0 Å². The lowest BCUT2D eigenvalue weighted by molar-refractivity contribution is -0.274. The highest BCUT2D eigenvalue weighted by Crippen LogP contribution is 2.22. The van der Waals surface area contributed by atoms with Gasteiger partial charge >= 0.3 is 6.36 Å². The van der Waals surface area contributed by atoms with Gasteiger partial charge in [-0.2, -0.15) is 11.8 Å². The summed E-state index contributed by atoms with van der Waals surface area (Å²) in [6.45, 7) is 1.58. The van der Waals surface area contributed by atoms with Gasteiger partial charge in [-0.25, -0.2) is 0 Å². The molecular weight excluding hydrogens is 275 g/mol. The van der Waals surface area contributed by atoms with Crippen LogP contribution < -0.4 is 10.1 Å². The number of rotatable bonds is 8. The van der Waals surface area contributed by atoms with Crippen molar-refractivity contribution in [2.45, 2.75) is 25.7 Å². The predicted molar refractivity (Wildman–Crippen MR) is 72.4 cm³/mol. The highest BCUT2D eigenvalue weighted by atomic mass is 32.2. The average molecular weight is 293 g/mol. The second kappa shape index (κ2) is 8.32. The van der Waals surface area contributed by atoms with Crippen LogP contribution in [0.5, 0.6) is 5.75 Å². The number of hydrogen-bond acceptors (Lipinski definition) is 3. The van der Waals surface area contributed by atoms with Gasteiger partial charge in [0.15, 0.2) is 0 Å². The lowest BCUT2D eigenvalue weighted by atomic mass is 10.2. The number of hydrogen-bond donors (Lipinski definition) is 1. The van der Waals surface area contributed by atoms with E-state index in [-0.39, 0.29) is 5.75 Å². The van der Waals surface area contributed by atoms with Crippen LogP contribution in [-0.2, 0) is 6.54 Å². The molecule has 108 valence electrons. The maximum absolute atomic E-state index is 12.0. The first-order valence-electron chi connectivity index (χ1n) is 6.05. The molecule has 0 spiro atoms. The van der Waals surface area contributed by atoms with E-state index in [1.165, 1.54) is 18.6 Å². The number of benzene rings is 1. The second-order valence-electron chi connectivity index (χ2n) is 4.07. The minimum atomic E-state index is -4.63. The molecule has 0 fully saturated rings. The van der Waals surface area contributed by atoms with Crippen molar-refractivity contribution in [3.8, 4) is 5.75 Å². The Hall–Kier alpha value is -0.880. The van der Waals surface area contributed by atoms with E-state index in [1.54, 1.807) is 12.1 Å². The van der Waals surface area contributed by atoms with Crippen molar-refractivity contribution in [1.29, 1.82) is 0 Å². The lowest BCUT2D eigenvalue weighted by Gasteiger charge is -2.09. The summed E-state index contributed by atoms with van der Waals surface area (Å²) in [6, 6.07) is 5.93. The van der Waals surface area contributed by atoms with E-state index in [2.05, 4.69) is 16.3 Å². The van der Waals surface area contributed by atoms with Crippen molar-refractivity contribution in [3.63, 3.8) is 0 Å². The molecular formula is C13H18F3NOS. The number of nitrogens with one attached hydrogen (secondary N) is 1. The van der Waals surface area contributed by atoms with Crippen LogP contribution in [0.2, 0.25) is 0 Å². The van der Waals surface area contributed by atoms with Crippen LogP contribution in [0.1, 0.15) is 18.4 Å². The Morgan fingerprint density at radius 1 is 1.16 bits per heavy atom. The molecule has 0 bridgehead atoms. The molecule has 1 rings (SSSR count). The first kappa shape index (κ1) is 16.2. The fourth-order valence-electron chi connectivity index (χ4n) is 1.54. The standard InChI is InChI=1S/C13H18F3NOS/c1-19-9-3-2-8-17-10-11-4-6-12(7-5-11)18-13(14,15)16/h4-7,17H,2-3,8-10H2,1H3. The summed E-state index contributed by atoms with van der Waals surface area (Å²) in [7, 11) is 0. The molecule has 1 aromatic carbocycles. The summed E-state index contributed by atoms with van der Waals surface area (Å²) in [5.74, 6) is 0.974. The lowest BCUT2D eigenvalue weighted by Crippen LogP contribution is -2.17. The Bertz CT molecular complexity index is 354. The maximum atomic E-state index is 12.0. The predicted octanol–water partition coefficient (Wildman–Crippen LogP) is 3.82. The maximum Gasteiger partial charge on any atom is 0.573 e. The number of thioether (sulfide) groups is 1. The Morgan fingerprint density at radius 2 is 1.84 bits per heavy atom. The number of unbranched alkanes of at least 4 members (excludes halogenated alkanes) is 1. The third-order valence-electron chi connectivity index (χ3n) is 2.44. The quantitative estimate of drug-likeness (QED) is 0.736. The van der Waals surface area contributed by atoms with Gasteiger partial charge in [0, 0.05) is 6.54 Å². The summed E-state index contributed by atoms with van der Waals surface area (Å²) in [6.07, 6.45) is -0.266. The van der Waals surface area contributed by atoms with Crippen LogP contribution in [-0.4, -0.2) is 24.9 Å². The van der Waals surface area contributed by atoms with E-state index in [4.69, 9.17) is 0 Å². The van der Waals surface area contributed by atoms with Gasteiger partial charge < -0.3 is 10.1 Å². The molecule has 6 heteroatoms. The average Bonchev–Trinajstić information content (AvgIpc) is 2.34. The first-order valence-corrected chi connectivity index (χ1v) is 7.45. The monoisotopic (exact) mass is 293 g/mol. The molecule has 0 saturated heterocycles. The van der Waals surface area contributed by atoms with Crippen molar-refractivity contribution in [1.82, 2.24) is 5.32 Å². The minimum Gasteiger partial charge on any atom is -0.406 e. The zero-order valence-corrected chi connectivity index (χ0v) is 11.6. The van der Waals surface area contributed by atoms with E-state index >= 15 is 0 Å². The van der Waals surface area contributed by atoms with Crippen LogP contribution in [0.15, 0.2) is 24.3 Å². The minimum absolute atomic E-state index is 0.184. The molecule has 0 unspecified atom stereocenters. The van der Waals surface area contributed by atoms with Crippen molar-refractivity contribution < 1.29 is 17.9 Å². The highest BCUT2D eigenvalue weighted by Gasteiger charge is 2.30. The van der Waals surface area contributed by atoms with E-state index in [9.17, 15) is 13.2 Å². The largest absolute Gasteiger partial charge is 0.573 e. The summed E-state index contributed by atoms with van der Waals surface area (Å²) in [4.78, 5) is 0. The van der Waals surface area contributed by atoms with Gasteiger partial charge in [-0.1, -0.05) is 12.1 Å². The molecule has 0 amide bonds. The summed E-state index contributed by atoms with van der Waals surface area (Å²) in [5, 5.41) is 3.26. The molecule has 1 aromatic rings. The van der Waals surface area contributed by atoms with Crippen LogP contribution in [0, 0.1) is 0 Å². The molecule has 0 saturated carbocycles. The van der Waals surface area contributed by atoms with Crippen LogP contribution >= 0.6 is 11.8 Å². The highest BCUT2D eigenvalue weighted by molar-refractivity contribution is 7.98. The molecule has 2 nitrogen and oxygen atoms in total. The molecule has 0 aliphatic rings. The van der Waals surface area contributed by atoms with Gasteiger partial charge in [0.1, 0.15) is 5.75 Å². The molecule has 1 N–H and O–H groups in total. The van der Waals surface area contributed by atoms with E-state index < -0.39 is 6.36 Å². The van der Waals surface area contributed by atoms with Crippen LogP contribution in [0.3, 0.4) is 0 Å². The van der Waals surface area contributed by atoms with Crippen LogP contribution in [0.25, 0.3) is 0 Å². The molecule has 0 aromatic heterocycles. The third kappa shape index (κ3) is 8.00. The SMILES string of the molecule is CSCCCCNCc1ccc(OC(F)(F)F)cc1.